The lowest BCUT2D eigenvalue weighted by Crippen LogP contribution is -2.15. The summed E-state index contributed by atoms with van der Waals surface area (Å²) in [5, 5.41) is 13.3. The Morgan fingerprint density at radius 1 is 1.29 bits per heavy atom. The van der Waals surface area contributed by atoms with Crippen molar-refractivity contribution in [2.75, 3.05) is 10.6 Å². The molecule has 158 valence electrons. The van der Waals surface area contributed by atoms with Gasteiger partial charge < -0.3 is 15.0 Å². The molecule has 2 aliphatic carbocycles. The molecular weight excluding hydrogens is 428 g/mol. The van der Waals surface area contributed by atoms with Gasteiger partial charge in [0.15, 0.2) is 17.3 Å². The summed E-state index contributed by atoms with van der Waals surface area (Å²) in [5.41, 5.74) is 2.13. The predicted octanol–water partition coefficient (Wildman–Crippen LogP) is 3.94. The molecule has 11 heteroatoms. The zero-order chi connectivity index (χ0) is 21.3. The molecule has 2 fully saturated rings. The Hall–Kier alpha value is -3.27. The fourth-order valence-corrected chi connectivity index (χ4v) is 3.97. The summed E-state index contributed by atoms with van der Waals surface area (Å²) in [4.78, 5) is 20.6. The van der Waals surface area contributed by atoms with Crippen molar-refractivity contribution in [1.29, 1.82) is 0 Å². The van der Waals surface area contributed by atoms with E-state index in [0.717, 1.165) is 12.8 Å². The van der Waals surface area contributed by atoms with Crippen LogP contribution in [0.15, 0.2) is 24.8 Å². The average molecular weight is 444 g/mol. The van der Waals surface area contributed by atoms with Crippen LogP contribution in [0.25, 0.3) is 27.8 Å². The Morgan fingerprint density at radius 3 is 2.84 bits per heavy atom. The monoisotopic (exact) mass is 443 g/mol. The molecule has 0 aliphatic heterocycles. The number of carbonyl (C=O) groups excluding carboxylic acids is 1. The summed E-state index contributed by atoms with van der Waals surface area (Å²) in [7, 11) is 0. The van der Waals surface area contributed by atoms with Crippen molar-refractivity contribution in [1.82, 2.24) is 24.6 Å². The lowest BCUT2D eigenvalue weighted by molar-refractivity contribution is -0.117. The molecule has 2 atom stereocenters. The number of fused-ring (bicyclic) bond motifs is 2. The second kappa shape index (κ2) is 6.61. The van der Waals surface area contributed by atoms with E-state index in [4.69, 9.17) is 11.6 Å². The third kappa shape index (κ3) is 3.09. The standard InChI is InChI=1S/C20H16ClF2N7O/c21-16-15(10-4-25-29-18(10)19(17(16)23)26-8-1-2-8)12-6-30-7-13(27-14(30)5-24-12)28-20(31)9-3-11(9)22/h4-9,11,26H,1-3H2,(H,25,29)(H,28,31)/t9-,11+/m1/s1. The Morgan fingerprint density at radius 2 is 2.10 bits per heavy atom. The molecule has 3 heterocycles. The van der Waals surface area contributed by atoms with E-state index in [1.807, 2.05) is 0 Å². The molecule has 0 saturated heterocycles. The van der Waals surface area contributed by atoms with Gasteiger partial charge in [-0.1, -0.05) is 11.6 Å². The molecule has 2 saturated carbocycles. The summed E-state index contributed by atoms with van der Waals surface area (Å²) >= 11 is 6.44. The minimum absolute atomic E-state index is 0.0553. The summed E-state index contributed by atoms with van der Waals surface area (Å²) in [5.74, 6) is -1.28. The Labute approximate surface area is 179 Å². The van der Waals surface area contributed by atoms with E-state index in [1.54, 1.807) is 23.0 Å². The van der Waals surface area contributed by atoms with Crippen molar-refractivity contribution in [3.63, 3.8) is 0 Å². The highest BCUT2D eigenvalue weighted by atomic mass is 35.5. The topological polar surface area (TPSA) is 100 Å². The largest absolute Gasteiger partial charge is 0.378 e. The predicted molar refractivity (Wildman–Crippen MR) is 111 cm³/mol. The van der Waals surface area contributed by atoms with E-state index < -0.39 is 23.8 Å². The number of imidazole rings is 1. The van der Waals surface area contributed by atoms with E-state index in [-0.39, 0.29) is 23.3 Å². The number of benzene rings is 1. The maximum Gasteiger partial charge on any atom is 0.231 e. The molecule has 4 aromatic rings. The number of nitrogens with one attached hydrogen (secondary N) is 3. The molecule has 31 heavy (non-hydrogen) atoms. The second-order valence-electron chi connectivity index (χ2n) is 7.97. The molecular formula is C20H16ClF2N7O. The van der Waals surface area contributed by atoms with Gasteiger partial charge in [0.25, 0.3) is 0 Å². The minimum atomic E-state index is -1.09. The van der Waals surface area contributed by atoms with Crippen LogP contribution < -0.4 is 10.6 Å². The number of aromatic amines is 1. The molecule has 1 aromatic carbocycles. The highest BCUT2D eigenvalue weighted by Gasteiger charge is 2.43. The van der Waals surface area contributed by atoms with E-state index in [0.29, 0.717) is 33.5 Å². The van der Waals surface area contributed by atoms with Crippen molar-refractivity contribution in [3.8, 4) is 11.3 Å². The first-order valence-electron chi connectivity index (χ1n) is 9.90. The first-order valence-corrected chi connectivity index (χ1v) is 10.3. The van der Waals surface area contributed by atoms with Crippen LogP contribution in [0.3, 0.4) is 0 Å². The first-order chi connectivity index (χ1) is 15.0. The first kappa shape index (κ1) is 18.5. The van der Waals surface area contributed by atoms with Crippen LogP contribution in [-0.4, -0.2) is 42.7 Å². The number of alkyl halides is 1. The number of rotatable bonds is 5. The van der Waals surface area contributed by atoms with Crippen LogP contribution in [-0.2, 0) is 4.79 Å². The number of carbonyl (C=O) groups is 1. The molecule has 0 spiro atoms. The zero-order valence-corrected chi connectivity index (χ0v) is 16.7. The summed E-state index contributed by atoms with van der Waals surface area (Å²) in [6.45, 7) is 0. The van der Waals surface area contributed by atoms with E-state index in [2.05, 4.69) is 30.8 Å². The van der Waals surface area contributed by atoms with Crippen LogP contribution in [0.5, 0.6) is 0 Å². The quantitative estimate of drug-likeness (QED) is 0.434. The van der Waals surface area contributed by atoms with E-state index >= 15 is 4.39 Å². The number of hydrogen-bond acceptors (Lipinski definition) is 5. The number of nitrogens with zero attached hydrogens (tertiary/aromatic N) is 4. The van der Waals surface area contributed by atoms with Crippen LogP contribution >= 0.6 is 11.6 Å². The van der Waals surface area contributed by atoms with Gasteiger partial charge in [-0.15, -0.1) is 0 Å². The number of H-pyrrole nitrogens is 1. The van der Waals surface area contributed by atoms with Gasteiger partial charge in [-0.05, 0) is 19.3 Å². The Bertz CT molecular complexity index is 1360. The molecule has 2 aliphatic rings. The van der Waals surface area contributed by atoms with Gasteiger partial charge in [0.1, 0.15) is 6.17 Å². The van der Waals surface area contributed by atoms with Gasteiger partial charge in [0.05, 0.1) is 46.4 Å². The molecule has 0 bridgehead atoms. The van der Waals surface area contributed by atoms with Gasteiger partial charge in [-0.3, -0.25) is 14.9 Å². The van der Waals surface area contributed by atoms with Crippen LogP contribution in [0.1, 0.15) is 19.3 Å². The van der Waals surface area contributed by atoms with Crippen LogP contribution in [0, 0.1) is 11.7 Å². The maximum atomic E-state index is 15.2. The molecule has 8 nitrogen and oxygen atoms in total. The van der Waals surface area contributed by atoms with Crippen molar-refractivity contribution in [3.05, 3.63) is 35.6 Å². The fraction of sp³-hybridized carbons (Fsp3) is 0.300. The van der Waals surface area contributed by atoms with Gasteiger partial charge in [0, 0.05) is 23.2 Å². The smallest absolute Gasteiger partial charge is 0.231 e. The summed E-state index contributed by atoms with van der Waals surface area (Å²) in [6.07, 6.45) is 7.44. The SMILES string of the molecule is O=C(Nc1cn2cc(-c3c(Cl)c(F)c(NC4CC4)c4[nH]ncc34)ncc2n1)[C@@H]1C[C@@H]1F. The third-order valence-corrected chi connectivity index (χ3v) is 5.97. The van der Waals surface area contributed by atoms with Gasteiger partial charge in [0.2, 0.25) is 5.91 Å². The van der Waals surface area contributed by atoms with Gasteiger partial charge in [-0.2, -0.15) is 5.10 Å². The third-order valence-electron chi connectivity index (χ3n) is 5.61. The zero-order valence-electron chi connectivity index (χ0n) is 16.0. The molecule has 3 aromatic heterocycles. The van der Waals surface area contributed by atoms with Crippen molar-refractivity contribution < 1.29 is 13.6 Å². The Kier molecular flexibility index (Phi) is 3.95. The van der Waals surface area contributed by atoms with Crippen molar-refractivity contribution in [2.45, 2.75) is 31.5 Å². The highest BCUT2D eigenvalue weighted by Crippen LogP contribution is 2.42. The summed E-state index contributed by atoms with van der Waals surface area (Å²) in [6, 6.07) is 0.236. The molecule has 0 radical (unpaired) electrons. The lowest BCUT2D eigenvalue weighted by atomic mass is 10.1. The van der Waals surface area contributed by atoms with E-state index in [9.17, 15) is 9.18 Å². The minimum Gasteiger partial charge on any atom is -0.378 e. The maximum absolute atomic E-state index is 15.2. The van der Waals surface area contributed by atoms with Gasteiger partial charge in [-0.25, -0.2) is 13.8 Å². The van der Waals surface area contributed by atoms with Crippen molar-refractivity contribution >= 4 is 45.6 Å². The number of amides is 1. The molecule has 1 amide bonds. The van der Waals surface area contributed by atoms with Gasteiger partial charge >= 0.3 is 0 Å². The molecule has 6 rings (SSSR count). The number of halogens is 3. The second-order valence-corrected chi connectivity index (χ2v) is 8.34. The van der Waals surface area contributed by atoms with Crippen LogP contribution in [0.2, 0.25) is 5.02 Å². The average Bonchev–Trinajstić information content (AvgIpc) is 3.61. The highest BCUT2D eigenvalue weighted by molar-refractivity contribution is 6.35. The van der Waals surface area contributed by atoms with Crippen LogP contribution in [0.4, 0.5) is 20.3 Å². The van der Waals surface area contributed by atoms with Crippen molar-refractivity contribution in [2.24, 2.45) is 5.92 Å². The number of anilines is 2. The Balaban J connectivity index is 1.41. The normalized spacial score (nSPS) is 20.4. The molecule has 3 N–H and O–H groups in total. The number of hydrogen-bond donors (Lipinski definition) is 3. The fourth-order valence-electron chi connectivity index (χ4n) is 3.67. The number of aromatic nitrogens is 5. The lowest BCUT2D eigenvalue weighted by Gasteiger charge is -2.13. The summed E-state index contributed by atoms with van der Waals surface area (Å²) < 4.78 is 29.9. The van der Waals surface area contributed by atoms with E-state index in [1.165, 1.54) is 6.20 Å². The molecule has 0 unspecified atom stereocenters.